The van der Waals surface area contributed by atoms with Gasteiger partial charge >= 0.3 is 6.03 Å². The Morgan fingerprint density at radius 1 is 1.28 bits per heavy atom. The van der Waals surface area contributed by atoms with Gasteiger partial charge in [0, 0.05) is 12.2 Å². The lowest BCUT2D eigenvalue weighted by Gasteiger charge is -2.31. The first-order valence-electron chi connectivity index (χ1n) is 6.10. The predicted octanol–water partition coefficient (Wildman–Crippen LogP) is 2.46. The highest BCUT2D eigenvalue weighted by molar-refractivity contribution is 5.89. The third-order valence-electron chi connectivity index (χ3n) is 3.23. The highest BCUT2D eigenvalue weighted by Crippen LogP contribution is 2.14. The number of nitrogens with two attached hydrogens (primary N) is 1. The molecule has 0 aliphatic carbocycles. The van der Waals surface area contributed by atoms with E-state index in [4.69, 9.17) is 5.73 Å². The molecule has 0 aliphatic heterocycles. The van der Waals surface area contributed by atoms with Gasteiger partial charge in [-0.3, -0.25) is 0 Å². The van der Waals surface area contributed by atoms with Crippen molar-refractivity contribution >= 4 is 11.7 Å². The van der Waals surface area contributed by atoms with Crippen molar-refractivity contribution in [1.29, 1.82) is 0 Å². The van der Waals surface area contributed by atoms with Gasteiger partial charge in [-0.1, -0.05) is 13.8 Å². The molecule has 1 aromatic carbocycles. The normalized spacial score (nSPS) is 11.1. The summed E-state index contributed by atoms with van der Waals surface area (Å²) in [5, 5.41) is 5.53. The molecule has 0 fully saturated rings. The molecule has 0 bridgehead atoms. The molecule has 1 aromatic rings. The van der Waals surface area contributed by atoms with Gasteiger partial charge in [0.2, 0.25) is 0 Å². The first kappa shape index (κ1) is 14.4. The van der Waals surface area contributed by atoms with Crippen LogP contribution in [0.3, 0.4) is 0 Å². The zero-order valence-corrected chi connectivity index (χ0v) is 10.8. The Balaban J connectivity index is 2.63. The van der Waals surface area contributed by atoms with E-state index >= 15 is 0 Å². The number of halogens is 1. The zero-order chi connectivity index (χ0) is 13.6. The molecule has 5 heteroatoms. The smallest absolute Gasteiger partial charge is 0.319 e. The van der Waals surface area contributed by atoms with E-state index < -0.39 is 0 Å². The second kappa shape index (κ2) is 6.35. The number of rotatable bonds is 5. The molecule has 0 spiro atoms. The van der Waals surface area contributed by atoms with Crippen LogP contribution in [0.15, 0.2) is 24.3 Å². The predicted molar refractivity (Wildman–Crippen MR) is 70.9 cm³/mol. The van der Waals surface area contributed by atoms with Crippen molar-refractivity contribution in [3.63, 3.8) is 0 Å². The van der Waals surface area contributed by atoms with E-state index in [0.717, 1.165) is 12.8 Å². The molecular formula is C13H20FN3O. The standard InChI is InChI=1S/C13H20FN3O/c1-3-13(4-2,9-15)17-12(18)16-11-7-5-10(14)6-8-11/h5-8H,3-4,9,15H2,1-2H3,(H2,16,17,18). The maximum atomic E-state index is 12.7. The summed E-state index contributed by atoms with van der Waals surface area (Å²) in [4.78, 5) is 11.8. The van der Waals surface area contributed by atoms with Gasteiger partial charge in [0.1, 0.15) is 5.82 Å². The Hall–Kier alpha value is -1.62. The molecular weight excluding hydrogens is 233 g/mol. The first-order valence-corrected chi connectivity index (χ1v) is 6.10. The fourth-order valence-corrected chi connectivity index (χ4v) is 1.70. The van der Waals surface area contributed by atoms with Crippen LogP contribution in [0, 0.1) is 5.82 Å². The summed E-state index contributed by atoms with van der Waals surface area (Å²) in [7, 11) is 0. The van der Waals surface area contributed by atoms with Gasteiger partial charge in [-0.05, 0) is 37.1 Å². The van der Waals surface area contributed by atoms with Gasteiger partial charge < -0.3 is 16.4 Å². The summed E-state index contributed by atoms with van der Waals surface area (Å²) in [6.45, 7) is 4.35. The second-order valence-electron chi connectivity index (χ2n) is 4.28. The largest absolute Gasteiger partial charge is 0.331 e. The Morgan fingerprint density at radius 2 is 1.83 bits per heavy atom. The summed E-state index contributed by atoms with van der Waals surface area (Å²) in [6.07, 6.45) is 1.52. The Bertz CT molecular complexity index is 379. The molecule has 4 nitrogen and oxygen atoms in total. The Kier molecular flexibility index (Phi) is 5.09. The fraction of sp³-hybridized carbons (Fsp3) is 0.462. The van der Waals surface area contributed by atoms with Gasteiger partial charge in [-0.15, -0.1) is 0 Å². The molecule has 0 radical (unpaired) electrons. The van der Waals surface area contributed by atoms with Crippen molar-refractivity contribution in [2.45, 2.75) is 32.2 Å². The summed E-state index contributed by atoms with van der Waals surface area (Å²) < 4.78 is 12.7. The number of carbonyl (C=O) groups is 1. The van der Waals surface area contributed by atoms with E-state index in [1.165, 1.54) is 24.3 Å². The Labute approximate surface area is 107 Å². The van der Waals surface area contributed by atoms with Crippen LogP contribution in [-0.2, 0) is 0 Å². The van der Waals surface area contributed by atoms with E-state index in [0.29, 0.717) is 12.2 Å². The number of urea groups is 1. The number of hydrogen-bond acceptors (Lipinski definition) is 2. The monoisotopic (exact) mass is 253 g/mol. The first-order chi connectivity index (χ1) is 8.55. The van der Waals surface area contributed by atoms with Crippen LogP contribution in [0.4, 0.5) is 14.9 Å². The molecule has 0 atom stereocenters. The number of carbonyl (C=O) groups excluding carboxylic acids is 1. The number of hydrogen-bond donors (Lipinski definition) is 3. The lowest BCUT2D eigenvalue weighted by Crippen LogP contribution is -2.54. The molecule has 1 rings (SSSR count). The molecule has 18 heavy (non-hydrogen) atoms. The molecule has 100 valence electrons. The van der Waals surface area contributed by atoms with Crippen molar-refractivity contribution in [2.24, 2.45) is 5.73 Å². The molecule has 0 aromatic heterocycles. The minimum atomic E-state index is -0.385. The number of amides is 2. The topological polar surface area (TPSA) is 67.1 Å². The van der Waals surface area contributed by atoms with Crippen LogP contribution in [0.25, 0.3) is 0 Å². The fourth-order valence-electron chi connectivity index (χ4n) is 1.70. The van der Waals surface area contributed by atoms with Gasteiger partial charge in [0.15, 0.2) is 0 Å². The molecule has 0 saturated carbocycles. The maximum Gasteiger partial charge on any atom is 0.319 e. The minimum Gasteiger partial charge on any atom is -0.331 e. The van der Waals surface area contributed by atoms with Crippen LogP contribution in [-0.4, -0.2) is 18.1 Å². The van der Waals surface area contributed by atoms with Gasteiger partial charge in [-0.25, -0.2) is 9.18 Å². The zero-order valence-electron chi connectivity index (χ0n) is 10.8. The third-order valence-corrected chi connectivity index (χ3v) is 3.23. The quantitative estimate of drug-likeness (QED) is 0.754. The number of anilines is 1. The van der Waals surface area contributed by atoms with Crippen molar-refractivity contribution in [3.05, 3.63) is 30.1 Å². The SMILES string of the molecule is CCC(CC)(CN)NC(=O)Nc1ccc(F)cc1. The van der Waals surface area contributed by atoms with Crippen LogP contribution in [0.5, 0.6) is 0 Å². The van der Waals surface area contributed by atoms with Crippen LogP contribution in [0.1, 0.15) is 26.7 Å². The third kappa shape index (κ3) is 3.70. The van der Waals surface area contributed by atoms with E-state index in [-0.39, 0.29) is 17.4 Å². The van der Waals surface area contributed by atoms with Gasteiger partial charge in [0.25, 0.3) is 0 Å². The summed E-state index contributed by atoms with van der Waals surface area (Å²) >= 11 is 0. The van der Waals surface area contributed by atoms with E-state index in [1.54, 1.807) is 0 Å². The lowest BCUT2D eigenvalue weighted by atomic mass is 9.93. The van der Waals surface area contributed by atoms with Gasteiger partial charge in [-0.2, -0.15) is 0 Å². The van der Waals surface area contributed by atoms with Gasteiger partial charge in [0.05, 0.1) is 5.54 Å². The number of nitrogens with one attached hydrogen (secondary N) is 2. The van der Waals surface area contributed by atoms with E-state index in [9.17, 15) is 9.18 Å². The molecule has 0 aliphatic rings. The summed E-state index contributed by atoms with van der Waals surface area (Å²) in [5.74, 6) is -0.334. The summed E-state index contributed by atoms with van der Waals surface area (Å²) in [6, 6.07) is 5.29. The lowest BCUT2D eigenvalue weighted by molar-refractivity contribution is 0.233. The average Bonchev–Trinajstić information content (AvgIpc) is 2.39. The Morgan fingerprint density at radius 3 is 2.28 bits per heavy atom. The van der Waals surface area contributed by atoms with Crippen LogP contribution < -0.4 is 16.4 Å². The highest BCUT2D eigenvalue weighted by Gasteiger charge is 2.26. The van der Waals surface area contributed by atoms with Crippen molar-refractivity contribution < 1.29 is 9.18 Å². The highest BCUT2D eigenvalue weighted by atomic mass is 19.1. The molecule has 0 unspecified atom stereocenters. The second-order valence-corrected chi connectivity index (χ2v) is 4.28. The van der Waals surface area contributed by atoms with Crippen molar-refractivity contribution in [1.82, 2.24) is 5.32 Å². The van der Waals surface area contributed by atoms with E-state index in [1.807, 2.05) is 13.8 Å². The van der Waals surface area contributed by atoms with Crippen LogP contribution in [0.2, 0.25) is 0 Å². The molecule has 0 saturated heterocycles. The van der Waals surface area contributed by atoms with E-state index in [2.05, 4.69) is 10.6 Å². The van der Waals surface area contributed by atoms with Crippen LogP contribution >= 0.6 is 0 Å². The summed E-state index contributed by atoms with van der Waals surface area (Å²) in [5.41, 5.74) is 5.86. The van der Waals surface area contributed by atoms with Crippen molar-refractivity contribution in [2.75, 3.05) is 11.9 Å². The molecule has 4 N–H and O–H groups in total. The molecule has 0 heterocycles. The average molecular weight is 253 g/mol. The van der Waals surface area contributed by atoms with Crippen molar-refractivity contribution in [3.8, 4) is 0 Å². The molecule has 2 amide bonds. The minimum absolute atomic E-state index is 0.323. The number of benzene rings is 1. The maximum absolute atomic E-state index is 12.7.